The second-order valence-electron chi connectivity index (χ2n) is 5.01. The number of benzene rings is 1. The van der Waals surface area contributed by atoms with Gasteiger partial charge in [-0.2, -0.15) is 0 Å². The molecule has 0 saturated carbocycles. The van der Waals surface area contributed by atoms with Crippen LogP contribution in [0.3, 0.4) is 0 Å². The van der Waals surface area contributed by atoms with Crippen LogP contribution in [0.2, 0.25) is 0 Å². The summed E-state index contributed by atoms with van der Waals surface area (Å²) in [7, 11) is 0. The van der Waals surface area contributed by atoms with E-state index in [2.05, 4.69) is 55.4 Å². The number of hydrogen-bond donors (Lipinski definition) is 0. The van der Waals surface area contributed by atoms with Gasteiger partial charge in [0.05, 0.1) is 16.9 Å². The highest BCUT2D eigenvalue weighted by Crippen LogP contribution is 2.27. The summed E-state index contributed by atoms with van der Waals surface area (Å²) >= 11 is 6.01. The second-order valence-corrected chi connectivity index (χ2v) is 5.28. The molecule has 0 N–H and O–H groups in total. The van der Waals surface area contributed by atoms with Gasteiger partial charge < -0.3 is 4.57 Å². The SMILES string of the molecule is Cc1ccc2c(c1)nc(CCl)n2C(C)C(C)C. The molecule has 2 aromatic rings. The van der Waals surface area contributed by atoms with Gasteiger partial charge >= 0.3 is 0 Å². The molecule has 0 bridgehead atoms. The lowest BCUT2D eigenvalue weighted by atomic mass is 10.1. The summed E-state index contributed by atoms with van der Waals surface area (Å²) in [5.41, 5.74) is 3.47. The number of fused-ring (bicyclic) bond motifs is 1. The Labute approximate surface area is 108 Å². The predicted octanol–water partition coefficient (Wildman–Crippen LogP) is 4.30. The lowest BCUT2D eigenvalue weighted by Gasteiger charge is -2.20. The van der Waals surface area contributed by atoms with Crippen molar-refractivity contribution in [3.05, 3.63) is 29.6 Å². The van der Waals surface area contributed by atoms with Gasteiger partial charge in [0.25, 0.3) is 0 Å². The standard InChI is InChI=1S/C14H19ClN2/c1-9(2)11(4)17-13-6-5-10(3)7-12(13)16-14(17)8-15/h5-7,9,11H,8H2,1-4H3. The van der Waals surface area contributed by atoms with Crippen LogP contribution < -0.4 is 0 Å². The molecule has 0 radical (unpaired) electrons. The van der Waals surface area contributed by atoms with E-state index in [1.54, 1.807) is 0 Å². The lowest BCUT2D eigenvalue weighted by molar-refractivity contribution is 0.409. The number of aromatic nitrogens is 2. The topological polar surface area (TPSA) is 17.8 Å². The minimum absolute atomic E-state index is 0.413. The molecule has 0 fully saturated rings. The first-order valence-electron chi connectivity index (χ1n) is 6.08. The lowest BCUT2D eigenvalue weighted by Crippen LogP contribution is -2.13. The van der Waals surface area contributed by atoms with Gasteiger partial charge in [-0.1, -0.05) is 19.9 Å². The average molecular weight is 251 g/mol. The number of halogens is 1. The molecule has 0 aliphatic heterocycles. The number of hydrogen-bond acceptors (Lipinski definition) is 1. The molecule has 92 valence electrons. The van der Waals surface area contributed by atoms with Crippen molar-refractivity contribution in [1.29, 1.82) is 0 Å². The molecular weight excluding hydrogens is 232 g/mol. The maximum Gasteiger partial charge on any atom is 0.125 e. The van der Waals surface area contributed by atoms with Crippen molar-refractivity contribution in [2.24, 2.45) is 5.92 Å². The molecule has 1 heterocycles. The van der Waals surface area contributed by atoms with Crippen molar-refractivity contribution >= 4 is 22.6 Å². The van der Waals surface area contributed by atoms with Crippen LogP contribution in [-0.4, -0.2) is 9.55 Å². The largest absolute Gasteiger partial charge is 0.324 e. The van der Waals surface area contributed by atoms with E-state index in [-0.39, 0.29) is 0 Å². The Morgan fingerprint density at radius 2 is 2.00 bits per heavy atom. The van der Waals surface area contributed by atoms with Crippen molar-refractivity contribution in [2.75, 3.05) is 0 Å². The third-order valence-corrected chi connectivity index (χ3v) is 3.65. The number of nitrogens with zero attached hydrogens (tertiary/aromatic N) is 2. The van der Waals surface area contributed by atoms with E-state index in [1.807, 2.05) is 0 Å². The van der Waals surface area contributed by atoms with E-state index >= 15 is 0 Å². The van der Waals surface area contributed by atoms with Crippen LogP contribution in [-0.2, 0) is 5.88 Å². The number of aryl methyl sites for hydroxylation is 1. The van der Waals surface area contributed by atoms with Gasteiger partial charge in [0, 0.05) is 6.04 Å². The Hall–Kier alpha value is -1.02. The molecule has 0 aliphatic rings. The number of alkyl halides is 1. The minimum Gasteiger partial charge on any atom is -0.324 e. The van der Waals surface area contributed by atoms with Crippen LogP contribution in [0.5, 0.6) is 0 Å². The average Bonchev–Trinajstić information content (AvgIpc) is 2.65. The molecule has 3 heteroatoms. The molecule has 2 nitrogen and oxygen atoms in total. The van der Waals surface area contributed by atoms with Crippen molar-refractivity contribution in [2.45, 2.75) is 39.6 Å². The fourth-order valence-corrected chi connectivity index (χ4v) is 2.29. The Morgan fingerprint density at radius 3 is 2.59 bits per heavy atom. The maximum absolute atomic E-state index is 6.01. The molecule has 1 aromatic heterocycles. The Kier molecular flexibility index (Phi) is 3.43. The highest BCUT2D eigenvalue weighted by Gasteiger charge is 2.17. The third-order valence-electron chi connectivity index (χ3n) is 3.41. The molecule has 0 aliphatic carbocycles. The number of imidazole rings is 1. The first-order chi connectivity index (χ1) is 8.04. The quantitative estimate of drug-likeness (QED) is 0.743. The molecule has 1 atom stereocenters. The van der Waals surface area contributed by atoms with Crippen LogP contribution >= 0.6 is 11.6 Å². The molecule has 17 heavy (non-hydrogen) atoms. The van der Waals surface area contributed by atoms with Crippen molar-refractivity contribution < 1.29 is 0 Å². The summed E-state index contributed by atoms with van der Waals surface area (Å²) in [5.74, 6) is 1.99. The van der Waals surface area contributed by atoms with Gasteiger partial charge in [-0.05, 0) is 37.5 Å². The van der Waals surface area contributed by atoms with Crippen LogP contribution in [0.15, 0.2) is 18.2 Å². The molecule has 0 saturated heterocycles. The summed E-state index contributed by atoms with van der Waals surface area (Å²) in [4.78, 5) is 4.63. The molecular formula is C14H19ClN2. The fraction of sp³-hybridized carbons (Fsp3) is 0.500. The predicted molar refractivity (Wildman–Crippen MR) is 73.6 cm³/mol. The van der Waals surface area contributed by atoms with Gasteiger partial charge in [0.15, 0.2) is 0 Å². The van der Waals surface area contributed by atoms with E-state index in [9.17, 15) is 0 Å². The number of rotatable bonds is 3. The van der Waals surface area contributed by atoms with Crippen LogP contribution in [0.25, 0.3) is 11.0 Å². The zero-order chi connectivity index (χ0) is 12.6. The third kappa shape index (κ3) is 2.19. The zero-order valence-electron chi connectivity index (χ0n) is 10.9. The fourth-order valence-electron chi connectivity index (χ4n) is 2.11. The smallest absolute Gasteiger partial charge is 0.125 e. The first-order valence-corrected chi connectivity index (χ1v) is 6.61. The van der Waals surface area contributed by atoms with E-state index < -0.39 is 0 Å². The zero-order valence-corrected chi connectivity index (χ0v) is 11.6. The van der Waals surface area contributed by atoms with Gasteiger partial charge in [-0.25, -0.2) is 4.98 Å². The van der Waals surface area contributed by atoms with Crippen molar-refractivity contribution in [3.63, 3.8) is 0 Å². The summed E-state index contributed by atoms with van der Waals surface area (Å²) in [5, 5.41) is 0. The Balaban J connectivity index is 2.66. The minimum atomic E-state index is 0.413. The Bertz CT molecular complexity index is 528. The first kappa shape index (κ1) is 12.4. The van der Waals surface area contributed by atoms with E-state index in [4.69, 9.17) is 11.6 Å². The van der Waals surface area contributed by atoms with Gasteiger partial charge in [0.2, 0.25) is 0 Å². The van der Waals surface area contributed by atoms with Crippen molar-refractivity contribution in [1.82, 2.24) is 9.55 Å². The van der Waals surface area contributed by atoms with Gasteiger partial charge in [-0.3, -0.25) is 0 Å². The highest BCUT2D eigenvalue weighted by molar-refractivity contribution is 6.16. The molecule has 1 aromatic carbocycles. The summed E-state index contributed by atoms with van der Waals surface area (Å²) in [6.07, 6.45) is 0. The summed E-state index contributed by atoms with van der Waals surface area (Å²) < 4.78 is 2.27. The molecule has 1 unspecified atom stereocenters. The highest BCUT2D eigenvalue weighted by atomic mass is 35.5. The Morgan fingerprint density at radius 1 is 1.29 bits per heavy atom. The van der Waals surface area contributed by atoms with Crippen LogP contribution in [0.4, 0.5) is 0 Å². The van der Waals surface area contributed by atoms with Gasteiger partial charge in [-0.15, -0.1) is 11.6 Å². The molecule has 0 spiro atoms. The van der Waals surface area contributed by atoms with Crippen LogP contribution in [0.1, 0.15) is 38.2 Å². The van der Waals surface area contributed by atoms with E-state index in [0.29, 0.717) is 17.8 Å². The van der Waals surface area contributed by atoms with Crippen molar-refractivity contribution in [3.8, 4) is 0 Å². The molecule has 2 rings (SSSR count). The van der Waals surface area contributed by atoms with Gasteiger partial charge in [0.1, 0.15) is 5.82 Å². The van der Waals surface area contributed by atoms with E-state index in [1.165, 1.54) is 11.1 Å². The monoisotopic (exact) mass is 250 g/mol. The van der Waals surface area contributed by atoms with Crippen LogP contribution in [0, 0.1) is 12.8 Å². The summed E-state index contributed by atoms with van der Waals surface area (Å²) in [6.45, 7) is 8.76. The van der Waals surface area contributed by atoms with E-state index in [0.717, 1.165) is 11.3 Å². The second kappa shape index (κ2) is 4.69. The normalized spacial score (nSPS) is 13.5. The maximum atomic E-state index is 6.01. The molecule has 0 amide bonds. The summed E-state index contributed by atoms with van der Waals surface area (Å²) in [6, 6.07) is 6.81.